The van der Waals surface area contributed by atoms with Crippen molar-refractivity contribution in [2.24, 2.45) is 0 Å². The van der Waals surface area contributed by atoms with Gasteiger partial charge in [0, 0.05) is 49.7 Å². The molecule has 2 aliphatic heterocycles. The van der Waals surface area contributed by atoms with E-state index < -0.39 is 31.2 Å². The van der Waals surface area contributed by atoms with Crippen LogP contribution >= 0.6 is 11.8 Å². The summed E-state index contributed by atoms with van der Waals surface area (Å²) in [7, 11) is 3.02. The molecule has 0 aromatic heterocycles. The highest BCUT2D eigenvalue weighted by atomic mass is 32.2. The monoisotopic (exact) mass is 566 g/mol. The Morgan fingerprint density at radius 1 is 1.08 bits per heavy atom. The largest absolute Gasteiger partial charge is 0.468 e. The van der Waals surface area contributed by atoms with E-state index in [0.29, 0.717) is 56.7 Å². The number of amides is 1. The van der Waals surface area contributed by atoms with Gasteiger partial charge in [-0.25, -0.2) is 0 Å². The maximum absolute atomic E-state index is 12.4. The minimum atomic E-state index is -1.12. The van der Waals surface area contributed by atoms with E-state index in [1.807, 2.05) is 18.8 Å². The summed E-state index contributed by atoms with van der Waals surface area (Å²) in [4.78, 5) is 25.5. The summed E-state index contributed by atoms with van der Waals surface area (Å²) in [6.07, 6.45) is 2.50. The van der Waals surface area contributed by atoms with E-state index in [-0.39, 0.29) is 19.1 Å². The molecule has 13 nitrogen and oxygen atoms in total. The summed E-state index contributed by atoms with van der Waals surface area (Å²) < 4.78 is 20.7. The molecule has 0 bridgehead atoms. The molecule has 2 saturated heterocycles. The smallest absolute Gasteiger partial charge is 0.325 e. The highest BCUT2D eigenvalue weighted by Crippen LogP contribution is 2.33. The molecule has 6 atom stereocenters. The molecule has 0 radical (unpaired) electrons. The van der Waals surface area contributed by atoms with Crippen molar-refractivity contribution in [3.63, 3.8) is 0 Å². The van der Waals surface area contributed by atoms with Crippen LogP contribution in [0.25, 0.3) is 0 Å². The van der Waals surface area contributed by atoms with Crippen molar-refractivity contribution in [1.82, 2.24) is 20.9 Å². The second-order valence-corrected chi connectivity index (χ2v) is 10.7. The third-order valence-electron chi connectivity index (χ3n) is 6.46. The van der Waals surface area contributed by atoms with Gasteiger partial charge in [-0.2, -0.15) is 11.8 Å². The van der Waals surface area contributed by atoms with Gasteiger partial charge in [0.1, 0.15) is 12.3 Å². The molecular formula is C24H46N4O9S. The minimum absolute atomic E-state index is 0.0692. The van der Waals surface area contributed by atoms with Gasteiger partial charge in [-0.1, -0.05) is 6.42 Å². The lowest BCUT2D eigenvalue weighted by molar-refractivity contribution is -0.145. The van der Waals surface area contributed by atoms with Crippen LogP contribution in [0.1, 0.15) is 32.1 Å². The number of unbranched alkanes of at least 4 members (excludes halogenated alkanes) is 1. The highest BCUT2D eigenvalue weighted by molar-refractivity contribution is 8.00. The van der Waals surface area contributed by atoms with E-state index >= 15 is 0 Å². The number of esters is 1. The molecule has 0 spiro atoms. The number of carbonyl (C=O) groups excluding carboxylic acids is 2. The lowest BCUT2D eigenvalue weighted by Gasteiger charge is -2.19. The lowest BCUT2D eigenvalue weighted by atomic mass is 10.0. The number of fused-ring (bicyclic) bond motifs is 1. The zero-order chi connectivity index (χ0) is 27.8. The van der Waals surface area contributed by atoms with Gasteiger partial charge < -0.3 is 39.2 Å². The van der Waals surface area contributed by atoms with Gasteiger partial charge in [0.15, 0.2) is 6.35 Å². The zero-order valence-electron chi connectivity index (χ0n) is 22.5. The van der Waals surface area contributed by atoms with Crippen molar-refractivity contribution in [2.45, 2.75) is 68.1 Å². The standard InChI is InChI=1S/C24H46N4O9S/c1-28(21(31)7-4-3-6-19-22-18(16-38-19)26-24(33)27-22)8-5-9-35-10-11-36-12-13-37-15-20(30)25-17(14-29)23(32)34-2/h17-20,22,24-27,29-30,33H,3-16H2,1-2H3. The van der Waals surface area contributed by atoms with Crippen LogP contribution in [-0.4, -0.2) is 141 Å². The molecule has 6 unspecified atom stereocenters. The molecule has 0 saturated carbocycles. The fourth-order valence-corrected chi connectivity index (χ4v) is 5.93. The quantitative estimate of drug-likeness (QED) is 0.0523. The predicted octanol–water partition coefficient (Wildman–Crippen LogP) is -1.79. The molecule has 0 aromatic carbocycles. The Morgan fingerprint density at radius 2 is 1.79 bits per heavy atom. The van der Waals surface area contributed by atoms with Crippen LogP contribution in [0.3, 0.4) is 0 Å². The number of aliphatic hydroxyl groups excluding tert-OH is 3. The second kappa shape index (κ2) is 19.1. The van der Waals surface area contributed by atoms with Crippen molar-refractivity contribution >= 4 is 23.6 Å². The first kappa shape index (κ1) is 33.1. The number of hydrogen-bond donors (Lipinski definition) is 6. The maximum atomic E-state index is 12.4. The van der Waals surface area contributed by atoms with E-state index in [4.69, 9.17) is 19.3 Å². The first-order valence-electron chi connectivity index (χ1n) is 13.3. The molecule has 2 aliphatic rings. The fraction of sp³-hybridized carbons (Fsp3) is 0.917. The summed E-state index contributed by atoms with van der Waals surface area (Å²) in [6, 6.07) is -0.356. The van der Waals surface area contributed by atoms with Crippen molar-refractivity contribution in [1.29, 1.82) is 0 Å². The molecule has 222 valence electrons. The molecule has 2 heterocycles. The average molecular weight is 567 g/mol. The van der Waals surface area contributed by atoms with E-state index in [0.717, 1.165) is 31.4 Å². The topological polar surface area (TPSA) is 171 Å². The number of nitrogens with one attached hydrogen (secondary N) is 3. The van der Waals surface area contributed by atoms with Gasteiger partial charge in [0.05, 0.1) is 46.8 Å². The number of ether oxygens (including phenoxy) is 4. The van der Waals surface area contributed by atoms with Gasteiger partial charge in [0.25, 0.3) is 0 Å². The third kappa shape index (κ3) is 12.4. The Labute approximate surface area is 229 Å². The first-order valence-corrected chi connectivity index (χ1v) is 14.3. The summed E-state index contributed by atoms with van der Waals surface area (Å²) >= 11 is 1.94. The summed E-state index contributed by atoms with van der Waals surface area (Å²) in [5.41, 5.74) is 0. The van der Waals surface area contributed by atoms with Crippen molar-refractivity contribution in [3.05, 3.63) is 0 Å². The van der Waals surface area contributed by atoms with Crippen molar-refractivity contribution < 1.29 is 43.9 Å². The molecule has 6 N–H and O–H groups in total. The van der Waals surface area contributed by atoms with Gasteiger partial charge in [-0.05, 0) is 19.3 Å². The minimum Gasteiger partial charge on any atom is -0.468 e. The van der Waals surface area contributed by atoms with Crippen molar-refractivity contribution in [2.75, 3.05) is 72.7 Å². The van der Waals surface area contributed by atoms with Crippen LogP contribution in [0.5, 0.6) is 0 Å². The van der Waals surface area contributed by atoms with Gasteiger partial charge >= 0.3 is 5.97 Å². The summed E-state index contributed by atoms with van der Waals surface area (Å²) in [5, 5.41) is 37.9. The van der Waals surface area contributed by atoms with Crippen LogP contribution in [0.2, 0.25) is 0 Å². The van der Waals surface area contributed by atoms with Crippen LogP contribution in [0.4, 0.5) is 0 Å². The SMILES string of the molecule is COC(=O)C(CO)NC(O)COCCOCCOCCCN(C)C(=O)CCCCC1SCC2NC(O)NC21. The van der Waals surface area contributed by atoms with Crippen LogP contribution in [0.15, 0.2) is 0 Å². The number of methoxy groups -OCH3 is 1. The highest BCUT2D eigenvalue weighted by Gasteiger charge is 2.42. The number of nitrogens with zero attached hydrogens (tertiary/aromatic N) is 1. The van der Waals surface area contributed by atoms with Gasteiger partial charge in [-0.15, -0.1) is 0 Å². The molecule has 2 fully saturated rings. The molecule has 0 aromatic rings. The second-order valence-electron chi connectivity index (χ2n) is 9.40. The third-order valence-corrected chi connectivity index (χ3v) is 7.97. The van der Waals surface area contributed by atoms with Crippen LogP contribution in [-0.2, 0) is 28.5 Å². The van der Waals surface area contributed by atoms with Crippen LogP contribution < -0.4 is 16.0 Å². The Bertz CT molecular complexity index is 681. The van der Waals surface area contributed by atoms with Crippen LogP contribution in [0, 0.1) is 0 Å². The Kier molecular flexibility index (Phi) is 16.6. The van der Waals surface area contributed by atoms with E-state index in [1.165, 1.54) is 7.11 Å². The lowest BCUT2D eigenvalue weighted by Crippen LogP contribution is -2.48. The number of carbonyl (C=O) groups is 2. The van der Waals surface area contributed by atoms with E-state index in [9.17, 15) is 19.8 Å². The van der Waals surface area contributed by atoms with Crippen molar-refractivity contribution in [3.8, 4) is 0 Å². The first-order chi connectivity index (χ1) is 18.3. The average Bonchev–Trinajstić information content (AvgIpc) is 3.46. The number of thioether (sulfide) groups is 1. The van der Waals surface area contributed by atoms with Gasteiger partial charge in [0.2, 0.25) is 5.91 Å². The molecule has 0 aliphatic carbocycles. The Hall–Kier alpha value is -1.07. The summed E-state index contributed by atoms with van der Waals surface area (Å²) in [6.45, 7) is 2.03. The predicted molar refractivity (Wildman–Crippen MR) is 141 cm³/mol. The molecule has 14 heteroatoms. The molecule has 2 rings (SSSR count). The fourth-order valence-electron chi connectivity index (χ4n) is 4.36. The maximum Gasteiger partial charge on any atom is 0.325 e. The Morgan fingerprint density at radius 3 is 2.50 bits per heavy atom. The van der Waals surface area contributed by atoms with E-state index in [2.05, 4.69) is 20.7 Å². The van der Waals surface area contributed by atoms with Gasteiger partial charge in [-0.3, -0.25) is 25.5 Å². The molecule has 1 amide bonds. The molecular weight excluding hydrogens is 520 g/mol. The number of hydrogen-bond acceptors (Lipinski definition) is 13. The Balaban J connectivity index is 1.36. The summed E-state index contributed by atoms with van der Waals surface area (Å²) in [5.74, 6) is 0.498. The zero-order valence-corrected chi connectivity index (χ0v) is 23.3. The normalized spacial score (nSPS) is 24.2. The number of aliphatic hydroxyl groups is 3. The number of rotatable bonds is 21. The van der Waals surface area contributed by atoms with E-state index in [1.54, 1.807) is 4.90 Å². The molecule has 38 heavy (non-hydrogen) atoms.